The number of nitrogens with zero attached hydrogens (tertiary/aromatic N) is 1. The fourth-order valence-corrected chi connectivity index (χ4v) is 1.83. The van der Waals surface area contributed by atoms with Crippen LogP contribution < -0.4 is 0 Å². The molecule has 104 valence electrons. The summed E-state index contributed by atoms with van der Waals surface area (Å²) in [7, 11) is 0. The molecule has 2 aromatic carbocycles. The first-order valence-corrected chi connectivity index (χ1v) is 6.30. The van der Waals surface area contributed by atoms with Crippen molar-refractivity contribution in [2.45, 2.75) is 6.18 Å². The molecule has 0 heterocycles. The van der Waals surface area contributed by atoms with Crippen LogP contribution in [0.4, 0.5) is 18.9 Å². The van der Waals surface area contributed by atoms with Gasteiger partial charge in [0.05, 0.1) is 5.69 Å². The summed E-state index contributed by atoms with van der Waals surface area (Å²) in [6.45, 7) is 0. The van der Waals surface area contributed by atoms with E-state index in [0.29, 0.717) is 16.1 Å². The fraction of sp³-hybridized carbons (Fsp3) is 0.0714. The van der Waals surface area contributed by atoms with E-state index in [-0.39, 0.29) is 5.69 Å². The molecule has 0 aromatic heterocycles. The van der Waals surface area contributed by atoms with Crippen molar-refractivity contribution in [1.29, 1.82) is 0 Å². The van der Waals surface area contributed by atoms with Gasteiger partial charge < -0.3 is 0 Å². The Balaban J connectivity index is 2.49. The van der Waals surface area contributed by atoms with Crippen molar-refractivity contribution in [3.8, 4) is 11.1 Å². The topological polar surface area (TPSA) is 12.4 Å². The largest absolute Gasteiger partial charge is 0.444 e. The van der Waals surface area contributed by atoms with E-state index >= 15 is 0 Å². The van der Waals surface area contributed by atoms with Crippen LogP contribution in [0.1, 0.15) is 0 Å². The van der Waals surface area contributed by atoms with Gasteiger partial charge in [-0.25, -0.2) is 4.99 Å². The van der Waals surface area contributed by atoms with Gasteiger partial charge in [0.2, 0.25) is 5.17 Å². The summed E-state index contributed by atoms with van der Waals surface area (Å²) in [4.78, 5) is 3.45. The lowest BCUT2D eigenvalue weighted by molar-refractivity contribution is -0.0558. The van der Waals surface area contributed by atoms with Crippen LogP contribution >= 0.6 is 23.2 Å². The number of benzene rings is 2. The summed E-state index contributed by atoms with van der Waals surface area (Å²) in [5.41, 5.74) is 1.41. The van der Waals surface area contributed by atoms with Gasteiger partial charge in [-0.2, -0.15) is 13.2 Å². The first-order valence-electron chi connectivity index (χ1n) is 5.54. The molecule has 0 atom stereocenters. The normalized spacial score (nSPS) is 12.6. The van der Waals surface area contributed by atoms with Crippen molar-refractivity contribution in [2.24, 2.45) is 4.99 Å². The van der Waals surface area contributed by atoms with Gasteiger partial charge in [0.15, 0.2) is 0 Å². The highest BCUT2D eigenvalue weighted by molar-refractivity contribution is 6.67. The van der Waals surface area contributed by atoms with E-state index in [4.69, 9.17) is 23.2 Å². The molecule has 2 aromatic rings. The second kappa shape index (κ2) is 5.85. The van der Waals surface area contributed by atoms with Crippen molar-refractivity contribution in [3.63, 3.8) is 0 Å². The van der Waals surface area contributed by atoms with Gasteiger partial charge in [0.25, 0.3) is 0 Å². The molecular weight excluding hydrogens is 310 g/mol. The quantitative estimate of drug-likeness (QED) is 0.617. The number of hydrogen-bond donors (Lipinski definition) is 0. The number of rotatable bonds is 2. The lowest BCUT2D eigenvalue weighted by Gasteiger charge is -2.08. The maximum absolute atomic E-state index is 12.4. The van der Waals surface area contributed by atoms with E-state index < -0.39 is 11.3 Å². The van der Waals surface area contributed by atoms with E-state index in [9.17, 15) is 13.2 Å². The highest BCUT2D eigenvalue weighted by Gasteiger charge is 2.34. The predicted molar refractivity (Wildman–Crippen MR) is 75.9 cm³/mol. The minimum Gasteiger partial charge on any atom is -0.232 e. The number of para-hydroxylation sites is 1. The molecule has 0 bridgehead atoms. The molecule has 2 rings (SSSR count). The SMILES string of the molecule is FC(F)(F)C(Cl)=Nc1ccccc1-c1ccc(Cl)cc1. The number of aliphatic imine (C=N–C) groups is 1. The fourth-order valence-electron chi connectivity index (χ4n) is 1.61. The van der Waals surface area contributed by atoms with Crippen LogP contribution in [-0.2, 0) is 0 Å². The molecule has 0 unspecified atom stereocenters. The number of halogens is 5. The van der Waals surface area contributed by atoms with Gasteiger partial charge in [-0.05, 0) is 23.8 Å². The zero-order chi connectivity index (χ0) is 14.8. The molecular formula is C14H8Cl2F3N. The summed E-state index contributed by atoms with van der Waals surface area (Å²) >= 11 is 11.0. The Bertz CT molecular complexity index is 634. The van der Waals surface area contributed by atoms with Gasteiger partial charge in [-0.15, -0.1) is 0 Å². The molecule has 0 aliphatic heterocycles. The second-order valence-corrected chi connectivity index (χ2v) is 4.72. The monoisotopic (exact) mass is 317 g/mol. The third-order valence-corrected chi connectivity index (χ3v) is 3.06. The van der Waals surface area contributed by atoms with Gasteiger partial charge in [0, 0.05) is 10.6 Å². The Hall–Kier alpha value is -1.52. The smallest absolute Gasteiger partial charge is 0.232 e. The third kappa shape index (κ3) is 3.52. The van der Waals surface area contributed by atoms with E-state index in [2.05, 4.69) is 4.99 Å². The lowest BCUT2D eigenvalue weighted by atomic mass is 10.0. The molecule has 20 heavy (non-hydrogen) atoms. The molecule has 0 fully saturated rings. The summed E-state index contributed by atoms with van der Waals surface area (Å²) in [6.07, 6.45) is -4.66. The number of hydrogen-bond acceptors (Lipinski definition) is 1. The lowest BCUT2D eigenvalue weighted by Crippen LogP contribution is -2.16. The summed E-state index contributed by atoms with van der Waals surface area (Å²) < 4.78 is 37.3. The summed E-state index contributed by atoms with van der Waals surface area (Å²) in [6, 6.07) is 13.2. The Morgan fingerprint density at radius 1 is 0.950 bits per heavy atom. The minimum atomic E-state index is -4.66. The van der Waals surface area contributed by atoms with Crippen molar-refractivity contribution < 1.29 is 13.2 Å². The molecule has 0 saturated heterocycles. The molecule has 0 radical (unpaired) electrons. The van der Waals surface area contributed by atoms with Crippen LogP contribution in [0.3, 0.4) is 0 Å². The van der Waals surface area contributed by atoms with E-state index in [1.165, 1.54) is 6.07 Å². The number of alkyl halides is 3. The molecule has 0 aliphatic carbocycles. The first-order chi connectivity index (χ1) is 9.38. The Morgan fingerprint density at radius 2 is 1.55 bits per heavy atom. The van der Waals surface area contributed by atoms with Gasteiger partial charge in [-0.3, -0.25) is 0 Å². The molecule has 0 aliphatic rings. The van der Waals surface area contributed by atoms with E-state index in [1.54, 1.807) is 42.5 Å². The van der Waals surface area contributed by atoms with E-state index in [0.717, 1.165) is 0 Å². The molecule has 0 spiro atoms. The summed E-state index contributed by atoms with van der Waals surface area (Å²) in [5.74, 6) is 0. The van der Waals surface area contributed by atoms with Crippen LogP contribution in [-0.4, -0.2) is 11.3 Å². The van der Waals surface area contributed by atoms with Gasteiger partial charge in [-0.1, -0.05) is 53.5 Å². The van der Waals surface area contributed by atoms with Crippen LogP contribution in [0.15, 0.2) is 53.5 Å². The van der Waals surface area contributed by atoms with Crippen LogP contribution in [0, 0.1) is 0 Å². The van der Waals surface area contributed by atoms with Gasteiger partial charge >= 0.3 is 6.18 Å². The standard InChI is InChI=1S/C14H8Cl2F3N/c15-10-7-5-9(6-8-10)11-3-1-2-4-12(11)20-13(16)14(17,18)19/h1-8H. The zero-order valence-corrected chi connectivity index (χ0v) is 11.5. The third-order valence-electron chi connectivity index (χ3n) is 2.51. The predicted octanol–water partition coefficient (Wildman–Crippen LogP) is 5.84. The molecule has 1 nitrogen and oxygen atoms in total. The van der Waals surface area contributed by atoms with Crippen molar-refractivity contribution in [1.82, 2.24) is 0 Å². The average molecular weight is 318 g/mol. The van der Waals surface area contributed by atoms with Crippen molar-refractivity contribution >= 4 is 34.1 Å². The Morgan fingerprint density at radius 3 is 2.15 bits per heavy atom. The minimum absolute atomic E-state index is 0.150. The zero-order valence-electron chi connectivity index (χ0n) is 9.96. The Kier molecular flexibility index (Phi) is 4.35. The maximum atomic E-state index is 12.4. The Labute approximate surface area is 123 Å². The molecule has 0 saturated carbocycles. The van der Waals surface area contributed by atoms with Crippen LogP contribution in [0.25, 0.3) is 11.1 Å². The maximum Gasteiger partial charge on any atom is 0.444 e. The second-order valence-electron chi connectivity index (χ2n) is 3.92. The first kappa shape index (κ1) is 14.9. The van der Waals surface area contributed by atoms with Crippen molar-refractivity contribution in [2.75, 3.05) is 0 Å². The summed E-state index contributed by atoms with van der Waals surface area (Å²) in [5, 5.41) is -0.859. The van der Waals surface area contributed by atoms with Gasteiger partial charge in [0.1, 0.15) is 0 Å². The average Bonchev–Trinajstić information content (AvgIpc) is 2.39. The highest BCUT2D eigenvalue weighted by atomic mass is 35.5. The van der Waals surface area contributed by atoms with Crippen LogP contribution in [0.5, 0.6) is 0 Å². The van der Waals surface area contributed by atoms with Crippen molar-refractivity contribution in [3.05, 3.63) is 53.6 Å². The van der Waals surface area contributed by atoms with Crippen LogP contribution in [0.2, 0.25) is 5.02 Å². The molecule has 6 heteroatoms. The molecule has 0 amide bonds. The van der Waals surface area contributed by atoms with E-state index in [1.807, 2.05) is 0 Å². The highest BCUT2D eigenvalue weighted by Crippen LogP contribution is 2.33. The molecule has 0 N–H and O–H groups in total.